The summed E-state index contributed by atoms with van der Waals surface area (Å²) in [6.07, 6.45) is 14.2. The Morgan fingerprint density at radius 2 is 0.471 bits per heavy atom. The second kappa shape index (κ2) is 22.8. The van der Waals surface area contributed by atoms with E-state index in [-0.39, 0.29) is 10.8 Å². The van der Waals surface area contributed by atoms with Crippen LogP contribution in [0, 0.1) is 47.3 Å². The van der Waals surface area contributed by atoms with Gasteiger partial charge in [-0.05, 0) is 318 Å². The van der Waals surface area contributed by atoms with E-state index in [1.165, 1.54) is 218 Å². The Bertz CT molecular complexity index is 6110. The van der Waals surface area contributed by atoms with Crippen LogP contribution in [0.5, 0.6) is 0 Å². The molecule has 496 valence electrons. The fourth-order valence-electron chi connectivity index (χ4n) is 24.7. The Labute approximate surface area is 609 Å². The van der Waals surface area contributed by atoms with Gasteiger partial charge in [0.2, 0.25) is 0 Å². The molecule has 0 aliphatic heterocycles. The second-order valence-electron chi connectivity index (χ2n) is 32.9. The van der Waals surface area contributed by atoms with Gasteiger partial charge in [-0.3, -0.25) is 0 Å². The van der Waals surface area contributed by atoms with Gasteiger partial charge < -0.3 is 0 Å². The molecule has 8 bridgehead atoms. The molecule has 0 aromatic heterocycles. The number of hydrogen-bond acceptors (Lipinski definition) is 0. The molecule has 0 saturated heterocycles. The molecule has 0 heterocycles. The number of rotatable bonds is 6. The lowest BCUT2D eigenvalue weighted by molar-refractivity contribution is -0.0399. The van der Waals surface area contributed by atoms with Gasteiger partial charge in [0.15, 0.2) is 0 Å². The fraction of sp³-hybridized carbons (Fsp3) is 0.192. The van der Waals surface area contributed by atoms with E-state index in [1.54, 1.807) is 22.3 Å². The minimum Gasteiger partial charge on any atom is -0.0619 e. The lowest BCUT2D eigenvalue weighted by atomic mass is 9.43. The molecule has 26 rings (SSSR count). The summed E-state index contributed by atoms with van der Waals surface area (Å²) in [5.74, 6) is 6.77. The van der Waals surface area contributed by atoms with E-state index in [4.69, 9.17) is 0 Å². The second-order valence-corrected chi connectivity index (χ2v) is 32.9. The summed E-state index contributed by atoms with van der Waals surface area (Å²) in [4.78, 5) is 0. The molecule has 16 aromatic carbocycles. The smallest absolute Gasteiger partial charge is 0.0272 e. The highest BCUT2D eigenvalue weighted by atomic mass is 14.7. The summed E-state index contributed by atoms with van der Waals surface area (Å²) < 4.78 is 0. The van der Waals surface area contributed by atoms with E-state index >= 15 is 0 Å². The van der Waals surface area contributed by atoms with Gasteiger partial charge in [0.1, 0.15) is 0 Å². The molecule has 2 spiro atoms. The summed E-state index contributed by atoms with van der Waals surface area (Å²) in [5.41, 5.74) is 28.5. The van der Waals surface area contributed by atoms with E-state index in [1.807, 2.05) is 0 Å². The van der Waals surface area contributed by atoms with Crippen LogP contribution >= 0.6 is 0 Å². The van der Waals surface area contributed by atoms with Gasteiger partial charge >= 0.3 is 0 Å². The summed E-state index contributed by atoms with van der Waals surface area (Å²) in [5, 5.41) is 15.7. The van der Waals surface area contributed by atoms with Gasteiger partial charge in [-0.1, -0.05) is 285 Å². The molecule has 104 heavy (non-hydrogen) atoms. The minimum absolute atomic E-state index is 0.156. The first-order chi connectivity index (χ1) is 51.5. The monoisotopic (exact) mass is 1330 g/mol. The molecule has 0 heteroatoms. The summed E-state index contributed by atoms with van der Waals surface area (Å²) in [6.45, 7) is 0. The van der Waals surface area contributed by atoms with Crippen LogP contribution in [0.3, 0.4) is 0 Å². The maximum Gasteiger partial charge on any atom is 0.0272 e. The van der Waals surface area contributed by atoms with Crippen molar-refractivity contribution in [2.24, 2.45) is 47.3 Å². The molecule has 10 aliphatic carbocycles. The van der Waals surface area contributed by atoms with Gasteiger partial charge in [0.05, 0.1) is 0 Å². The average Bonchev–Trinajstić information content (AvgIpc) is 1.47. The molecule has 0 unspecified atom stereocenters. The van der Waals surface area contributed by atoms with E-state index in [2.05, 4.69) is 315 Å². The molecule has 8 fully saturated rings. The predicted molar refractivity (Wildman–Crippen MR) is 437 cm³/mol. The first kappa shape index (κ1) is 59.6. The zero-order valence-electron chi connectivity index (χ0n) is 58.7. The number of benzene rings is 16. The Balaban J connectivity index is 0.000000127. The Kier molecular flexibility index (Phi) is 13.1. The van der Waals surface area contributed by atoms with Crippen molar-refractivity contribution in [2.45, 2.75) is 75.0 Å². The van der Waals surface area contributed by atoms with Crippen LogP contribution in [-0.2, 0) is 10.8 Å². The van der Waals surface area contributed by atoms with Crippen LogP contribution in [0.25, 0.3) is 154 Å². The normalized spacial score (nSPS) is 23.8. The van der Waals surface area contributed by atoms with Crippen molar-refractivity contribution in [1.29, 1.82) is 0 Å². The van der Waals surface area contributed by atoms with Crippen LogP contribution in [-0.4, -0.2) is 0 Å². The van der Waals surface area contributed by atoms with E-state index in [0.29, 0.717) is 0 Å². The highest BCUT2D eigenvalue weighted by Crippen LogP contribution is 2.72. The van der Waals surface area contributed by atoms with Crippen LogP contribution in [0.2, 0.25) is 0 Å². The Morgan fingerprint density at radius 3 is 0.923 bits per heavy atom. The minimum atomic E-state index is 0.156. The van der Waals surface area contributed by atoms with Crippen molar-refractivity contribution in [3.63, 3.8) is 0 Å². The SMILES string of the molecule is c1cc(-c2ccc3ccccc3c2)cc(-c2c3ccccc3c(-c3ccc4c(c3)C3(c5ccccc5-4)C4CC5CC(C4)CC3C5)c3ccccc23)c1.c1cc(-c2cccc3ccccc23)cc(-c2c3ccccc3c(-c3ccc4c(c3)C3(c5ccccc5-4)C4CC5CC(C4)CC3C5)c3ccccc23)c1. The first-order valence-corrected chi connectivity index (χ1v) is 39.0. The van der Waals surface area contributed by atoms with Crippen molar-refractivity contribution in [2.75, 3.05) is 0 Å². The molecule has 10 aliphatic rings. The third-order valence-corrected chi connectivity index (χ3v) is 28.0. The van der Waals surface area contributed by atoms with Crippen LogP contribution in [0.15, 0.2) is 315 Å². The van der Waals surface area contributed by atoms with Gasteiger partial charge in [-0.2, -0.15) is 0 Å². The van der Waals surface area contributed by atoms with Crippen LogP contribution < -0.4 is 0 Å². The molecular formula is C104H80. The van der Waals surface area contributed by atoms with E-state index in [9.17, 15) is 0 Å². The standard InChI is InChI=1S/2C52H40/c1-2-15-40-34(11-1)12-10-21-41(40)35-13-9-14-36(30-35)50-44-17-3-5-19-46(44)51(47-20-6-4-18-45(47)50)37-23-24-43-42-16-7-8-22-48(42)52(49(43)31-37)38-26-32-25-33(28-38)29-39(52)27-32;1-2-11-35-29-37(21-20-34(35)10-1)36-12-9-13-38(30-36)50-44-15-3-5-17-46(44)51(47-18-6-4-16-45(47)50)39-22-23-43-42-14-7-8-19-48(42)52(49(43)31-39)40-25-32-24-33(27-40)28-41(52)26-32/h1-24,30-33,38-39H,25-29H2;1-23,29-33,40-41H,24-28H2. The van der Waals surface area contributed by atoms with E-state index in [0.717, 1.165) is 47.3 Å². The van der Waals surface area contributed by atoms with Crippen molar-refractivity contribution in [1.82, 2.24) is 0 Å². The quantitative estimate of drug-likeness (QED) is 0.146. The first-order valence-electron chi connectivity index (χ1n) is 39.0. The predicted octanol–water partition coefficient (Wildman–Crippen LogP) is 27.7. The topological polar surface area (TPSA) is 0 Å². The van der Waals surface area contributed by atoms with Crippen molar-refractivity contribution >= 4 is 64.6 Å². The average molecular weight is 1330 g/mol. The largest absolute Gasteiger partial charge is 0.0619 e. The fourth-order valence-corrected chi connectivity index (χ4v) is 24.7. The molecule has 0 nitrogen and oxygen atoms in total. The highest BCUT2D eigenvalue weighted by molar-refractivity contribution is 6.23. The van der Waals surface area contributed by atoms with Gasteiger partial charge in [0.25, 0.3) is 0 Å². The number of fused-ring (bicyclic) bond motifs is 12. The van der Waals surface area contributed by atoms with Crippen LogP contribution in [0.1, 0.15) is 86.5 Å². The van der Waals surface area contributed by atoms with E-state index < -0.39 is 0 Å². The molecule has 0 radical (unpaired) electrons. The lowest BCUT2D eigenvalue weighted by Crippen LogP contribution is -2.55. The lowest BCUT2D eigenvalue weighted by Gasteiger charge is -2.61. The summed E-state index contributed by atoms with van der Waals surface area (Å²) >= 11 is 0. The zero-order chi connectivity index (χ0) is 67.9. The van der Waals surface area contributed by atoms with Crippen molar-refractivity contribution in [3.05, 3.63) is 338 Å². The van der Waals surface area contributed by atoms with Crippen molar-refractivity contribution in [3.8, 4) is 89.0 Å². The van der Waals surface area contributed by atoms with Crippen molar-refractivity contribution < 1.29 is 0 Å². The highest BCUT2D eigenvalue weighted by Gasteiger charge is 2.63. The summed E-state index contributed by atoms with van der Waals surface area (Å²) in [6, 6.07) is 120. The molecule has 0 atom stereocenters. The number of hydrogen-bond donors (Lipinski definition) is 0. The van der Waals surface area contributed by atoms with Gasteiger partial charge in [0, 0.05) is 10.8 Å². The molecule has 0 N–H and O–H groups in total. The Morgan fingerprint density at radius 1 is 0.173 bits per heavy atom. The summed E-state index contributed by atoms with van der Waals surface area (Å²) in [7, 11) is 0. The molecule has 16 aromatic rings. The third-order valence-electron chi connectivity index (χ3n) is 28.0. The maximum absolute atomic E-state index is 2.67. The molecular weight excluding hydrogens is 1250 g/mol. The third kappa shape index (κ3) is 8.55. The zero-order valence-corrected chi connectivity index (χ0v) is 58.7. The molecule has 8 saturated carbocycles. The van der Waals surface area contributed by atoms with Gasteiger partial charge in [-0.25, -0.2) is 0 Å². The van der Waals surface area contributed by atoms with Gasteiger partial charge in [-0.15, -0.1) is 0 Å². The molecule has 0 amide bonds. The Hall–Kier alpha value is -10.9. The maximum atomic E-state index is 2.67. The van der Waals surface area contributed by atoms with Crippen LogP contribution in [0.4, 0.5) is 0 Å².